The standard InChI is InChI=1S/C14H19N/c1-2-11-5-6-12-4-3-7-14(9-15-10-14)13(12)8-11/h5-6,8,15H,2-4,7,9-10H2,1H3. The van der Waals surface area contributed by atoms with Gasteiger partial charge in [-0.3, -0.25) is 0 Å². The summed E-state index contributed by atoms with van der Waals surface area (Å²) in [4.78, 5) is 0. The first-order valence-electron chi connectivity index (χ1n) is 6.17. The maximum atomic E-state index is 3.45. The molecule has 1 heterocycles. The molecule has 0 atom stereocenters. The molecule has 1 heteroatoms. The highest BCUT2D eigenvalue weighted by Gasteiger charge is 2.41. The Bertz CT molecular complexity index is 377. The van der Waals surface area contributed by atoms with E-state index in [1.807, 2.05) is 0 Å². The lowest BCUT2D eigenvalue weighted by Crippen LogP contribution is -2.58. The SMILES string of the molecule is CCc1ccc2c(c1)C1(CCC2)CNC1. The van der Waals surface area contributed by atoms with Gasteiger partial charge in [0.15, 0.2) is 0 Å². The predicted molar refractivity (Wildman–Crippen MR) is 63.3 cm³/mol. The van der Waals surface area contributed by atoms with E-state index in [4.69, 9.17) is 0 Å². The molecule has 0 bridgehead atoms. The summed E-state index contributed by atoms with van der Waals surface area (Å²) < 4.78 is 0. The average Bonchev–Trinajstić information content (AvgIpc) is 2.25. The van der Waals surface area contributed by atoms with Gasteiger partial charge in [-0.05, 0) is 42.4 Å². The van der Waals surface area contributed by atoms with Crippen LogP contribution in [-0.4, -0.2) is 13.1 Å². The minimum absolute atomic E-state index is 0.513. The van der Waals surface area contributed by atoms with Gasteiger partial charge in [0.2, 0.25) is 0 Å². The maximum Gasteiger partial charge on any atom is 0.0205 e. The van der Waals surface area contributed by atoms with Gasteiger partial charge in [-0.15, -0.1) is 0 Å². The third-order valence-corrected chi connectivity index (χ3v) is 4.18. The zero-order valence-electron chi connectivity index (χ0n) is 9.47. The van der Waals surface area contributed by atoms with Crippen molar-refractivity contribution in [3.63, 3.8) is 0 Å². The van der Waals surface area contributed by atoms with Crippen molar-refractivity contribution in [3.8, 4) is 0 Å². The second kappa shape index (κ2) is 3.34. The van der Waals surface area contributed by atoms with Crippen LogP contribution in [0.25, 0.3) is 0 Å². The average molecular weight is 201 g/mol. The molecule has 0 saturated carbocycles. The van der Waals surface area contributed by atoms with Gasteiger partial charge in [0.1, 0.15) is 0 Å². The molecule has 1 saturated heterocycles. The number of benzene rings is 1. The van der Waals surface area contributed by atoms with E-state index in [2.05, 4.69) is 30.4 Å². The second-order valence-electron chi connectivity index (χ2n) is 5.08. The van der Waals surface area contributed by atoms with Crippen LogP contribution in [0.5, 0.6) is 0 Å². The van der Waals surface area contributed by atoms with Crippen molar-refractivity contribution in [2.75, 3.05) is 13.1 Å². The largest absolute Gasteiger partial charge is 0.315 e. The van der Waals surface area contributed by atoms with E-state index in [1.54, 1.807) is 11.1 Å². The van der Waals surface area contributed by atoms with E-state index in [0.29, 0.717) is 5.41 Å². The molecule has 2 aliphatic rings. The topological polar surface area (TPSA) is 12.0 Å². The summed E-state index contributed by atoms with van der Waals surface area (Å²) in [5.74, 6) is 0. The van der Waals surface area contributed by atoms with Crippen LogP contribution in [0, 0.1) is 0 Å². The molecule has 1 aliphatic heterocycles. The minimum Gasteiger partial charge on any atom is -0.315 e. The Kier molecular flexibility index (Phi) is 2.10. The third-order valence-electron chi connectivity index (χ3n) is 4.18. The first-order valence-corrected chi connectivity index (χ1v) is 6.17. The smallest absolute Gasteiger partial charge is 0.0205 e. The summed E-state index contributed by atoms with van der Waals surface area (Å²) in [6.07, 6.45) is 5.22. The van der Waals surface area contributed by atoms with Gasteiger partial charge >= 0.3 is 0 Å². The zero-order chi connectivity index (χ0) is 10.3. The highest BCUT2D eigenvalue weighted by molar-refractivity contribution is 5.42. The summed E-state index contributed by atoms with van der Waals surface area (Å²) in [5, 5.41) is 3.45. The van der Waals surface area contributed by atoms with Crippen LogP contribution in [0.3, 0.4) is 0 Å². The number of nitrogens with one attached hydrogen (secondary N) is 1. The molecular formula is C14H19N. The predicted octanol–water partition coefficient (Wildman–Crippen LogP) is 2.43. The van der Waals surface area contributed by atoms with E-state index in [1.165, 1.54) is 37.9 Å². The summed E-state index contributed by atoms with van der Waals surface area (Å²) in [6, 6.07) is 7.15. The molecule has 1 aliphatic carbocycles. The van der Waals surface area contributed by atoms with E-state index in [-0.39, 0.29) is 0 Å². The first-order chi connectivity index (χ1) is 7.34. The Hall–Kier alpha value is -0.820. The van der Waals surface area contributed by atoms with Crippen LogP contribution in [0.2, 0.25) is 0 Å². The van der Waals surface area contributed by atoms with Gasteiger partial charge in [-0.25, -0.2) is 0 Å². The highest BCUT2D eigenvalue weighted by Crippen LogP contribution is 2.40. The molecule has 1 nitrogen and oxygen atoms in total. The number of rotatable bonds is 1. The molecular weight excluding hydrogens is 182 g/mol. The van der Waals surface area contributed by atoms with Crippen LogP contribution >= 0.6 is 0 Å². The Labute approximate surface area is 91.9 Å². The lowest BCUT2D eigenvalue weighted by atomic mass is 9.66. The van der Waals surface area contributed by atoms with Crippen molar-refractivity contribution in [2.24, 2.45) is 0 Å². The van der Waals surface area contributed by atoms with Gasteiger partial charge in [0.05, 0.1) is 0 Å². The van der Waals surface area contributed by atoms with Crippen LogP contribution in [0.4, 0.5) is 0 Å². The van der Waals surface area contributed by atoms with Crippen LogP contribution in [-0.2, 0) is 18.3 Å². The van der Waals surface area contributed by atoms with Crippen molar-refractivity contribution in [1.29, 1.82) is 0 Å². The van der Waals surface area contributed by atoms with Gasteiger partial charge in [0.25, 0.3) is 0 Å². The summed E-state index contributed by atoms with van der Waals surface area (Å²) in [5.41, 5.74) is 5.28. The summed E-state index contributed by atoms with van der Waals surface area (Å²) in [6.45, 7) is 4.65. The molecule has 1 fully saturated rings. The maximum absolute atomic E-state index is 3.45. The van der Waals surface area contributed by atoms with Crippen molar-refractivity contribution in [3.05, 3.63) is 34.9 Å². The second-order valence-corrected chi connectivity index (χ2v) is 5.08. The van der Waals surface area contributed by atoms with Gasteiger partial charge in [-0.2, -0.15) is 0 Å². The molecule has 80 valence electrons. The molecule has 0 aromatic heterocycles. The normalized spacial score (nSPS) is 22.2. The van der Waals surface area contributed by atoms with Gasteiger partial charge in [-0.1, -0.05) is 25.1 Å². The first kappa shape index (κ1) is 9.41. The Morgan fingerprint density at radius 2 is 2.20 bits per heavy atom. The zero-order valence-corrected chi connectivity index (χ0v) is 9.47. The molecule has 1 N–H and O–H groups in total. The van der Waals surface area contributed by atoms with Crippen molar-refractivity contribution in [2.45, 2.75) is 38.0 Å². The lowest BCUT2D eigenvalue weighted by molar-refractivity contribution is 0.239. The number of fused-ring (bicyclic) bond motifs is 2. The molecule has 3 rings (SSSR count). The fourth-order valence-corrected chi connectivity index (χ4v) is 3.10. The van der Waals surface area contributed by atoms with E-state index in [0.717, 1.165) is 6.42 Å². The Balaban J connectivity index is 2.08. The number of hydrogen-bond acceptors (Lipinski definition) is 1. The number of aryl methyl sites for hydroxylation is 2. The highest BCUT2D eigenvalue weighted by atomic mass is 15.0. The van der Waals surface area contributed by atoms with E-state index < -0.39 is 0 Å². The van der Waals surface area contributed by atoms with E-state index >= 15 is 0 Å². The van der Waals surface area contributed by atoms with Crippen LogP contribution in [0.15, 0.2) is 18.2 Å². The molecule has 15 heavy (non-hydrogen) atoms. The molecule has 0 amide bonds. The minimum atomic E-state index is 0.513. The molecule has 0 unspecified atom stereocenters. The summed E-state index contributed by atoms with van der Waals surface area (Å²) in [7, 11) is 0. The number of hydrogen-bond donors (Lipinski definition) is 1. The fraction of sp³-hybridized carbons (Fsp3) is 0.571. The monoisotopic (exact) mass is 201 g/mol. The molecule has 1 spiro atoms. The van der Waals surface area contributed by atoms with Crippen molar-refractivity contribution < 1.29 is 0 Å². The van der Waals surface area contributed by atoms with Crippen LogP contribution in [0.1, 0.15) is 36.5 Å². The Morgan fingerprint density at radius 3 is 2.87 bits per heavy atom. The van der Waals surface area contributed by atoms with Gasteiger partial charge < -0.3 is 5.32 Å². The fourth-order valence-electron chi connectivity index (χ4n) is 3.10. The summed E-state index contributed by atoms with van der Waals surface area (Å²) >= 11 is 0. The quantitative estimate of drug-likeness (QED) is 0.736. The van der Waals surface area contributed by atoms with Crippen LogP contribution < -0.4 is 5.32 Å². The molecule has 1 aromatic rings. The molecule has 1 aromatic carbocycles. The van der Waals surface area contributed by atoms with E-state index in [9.17, 15) is 0 Å². The Morgan fingerprint density at radius 1 is 1.33 bits per heavy atom. The van der Waals surface area contributed by atoms with Gasteiger partial charge in [0, 0.05) is 18.5 Å². The molecule has 0 radical (unpaired) electrons. The van der Waals surface area contributed by atoms with Crippen molar-refractivity contribution >= 4 is 0 Å². The third kappa shape index (κ3) is 1.33. The lowest BCUT2D eigenvalue weighted by Gasteiger charge is -2.47. The van der Waals surface area contributed by atoms with Crippen molar-refractivity contribution in [1.82, 2.24) is 5.32 Å².